The zero-order valence-corrected chi connectivity index (χ0v) is 20.4. The van der Waals surface area contributed by atoms with Crippen LogP contribution in [-0.4, -0.2) is 49.0 Å². The smallest absolute Gasteiger partial charge is 0.335 e. The Labute approximate surface area is 198 Å². The maximum Gasteiger partial charge on any atom is 0.335 e. The second-order valence-corrected chi connectivity index (χ2v) is 9.81. The van der Waals surface area contributed by atoms with Crippen LogP contribution in [0.5, 0.6) is 0 Å². The molecule has 2 aromatic carbocycles. The minimum atomic E-state index is -3.70. The van der Waals surface area contributed by atoms with E-state index in [0.717, 1.165) is 4.31 Å². The number of aromatic nitrogens is 1. The molecule has 7 nitrogen and oxygen atoms in total. The molecule has 178 valence electrons. The number of aromatic carboxylic acids is 1. The van der Waals surface area contributed by atoms with Crippen molar-refractivity contribution in [3.05, 3.63) is 65.1 Å². The van der Waals surface area contributed by atoms with Crippen LogP contribution in [-0.2, 0) is 16.6 Å². The molecule has 0 saturated carbocycles. The Balaban J connectivity index is 0.00000385. The average Bonchev–Trinajstić information content (AvgIpc) is 2.99. The van der Waals surface area contributed by atoms with Gasteiger partial charge in [-0.1, -0.05) is 12.1 Å². The standard InChI is InChI=1S/C23H26FN3O4S.ClH/c1-14-18(6-5-7-21(14)32(30,31)26(3)4)22-15(2)27(13-17(24)10-11-25)20-9-8-16(23(28)29)12-19(20)22;/h5-10,12H,11,13,25H2,1-4H3,(H,28,29);1H/b17-10-;. The summed E-state index contributed by atoms with van der Waals surface area (Å²) in [6, 6.07) is 9.62. The lowest BCUT2D eigenvalue weighted by molar-refractivity contribution is 0.0697. The number of nitrogens with zero attached hydrogens (tertiary/aromatic N) is 2. The second-order valence-electron chi connectivity index (χ2n) is 7.69. The summed E-state index contributed by atoms with van der Waals surface area (Å²) in [4.78, 5) is 11.8. The van der Waals surface area contributed by atoms with Crippen LogP contribution in [0, 0.1) is 13.8 Å². The average molecular weight is 496 g/mol. The molecule has 33 heavy (non-hydrogen) atoms. The van der Waals surface area contributed by atoms with E-state index < -0.39 is 21.8 Å². The summed E-state index contributed by atoms with van der Waals surface area (Å²) < 4.78 is 42.9. The first-order valence-electron chi connectivity index (χ1n) is 9.94. The molecule has 10 heteroatoms. The molecule has 0 fully saturated rings. The Bertz CT molecular complexity index is 1350. The molecule has 0 radical (unpaired) electrons. The van der Waals surface area contributed by atoms with Crippen molar-refractivity contribution in [2.45, 2.75) is 25.3 Å². The Morgan fingerprint density at radius 2 is 1.88 bits per heavy atom. The van der Waals surface area contributed by atoms with Crippen LogP contribution in [0.2, 0.25) is 0 Å². The third-order valence-electron chi connectivity index (χ3n) is 5.53. The van der Waals surface area contributed by atoms with Crippen molar-refractivity contribution in [1.82, 2.24) is 8.87 Å². The molecule has 0 saturated heterocycles. The van der Waals surface area contributed by atoms with Crippen molar-refractivity contribution >= 4 is 39.3 Å². The number of halogens is 2. The molecule has 3 N–H and O–H groups in total. The molecule has 3 aromatic rings. The fraction of sp³-hybridized carbons (Fsp3) is 0.261. The van der Waals surface area contributed by atoms with E-state index in [1.165, 1.54) is 38.4 Å². The van der Waals surface area contributed by atoms with Gasteiger partial charge in [0.05, 0.1) is 17.0 Å². The topological polar surface area (TPSA) is 106 Å². The van der Waals surface area contributed by atoms with Crippen molar-refractivity contribution in [2.24, 2.45) is 5.73 Å². The fourth-order valence-corrected chi connectivity index (χ4v) is 5.00. The Morgan fingerprint density at radius 1 is 1.21 bits per heavy atom. The molecular weight excluding hydrogens is 469 g/mol. The largest absolute Gasteiger partial charge is 0.478 e. The molecule has 1 heterocycles. The fourth-order valence-electron chi connectivity index (χ4n) is 3.86. The molecule has 0 aliphatic rings. The van der Waals surface area contributed by atoms with Crippen molar-refractivity contribution in [2.75, 3.05) is 20.6 Å². The van der Waals surface area contributed by atoms with Crippen LogP contribution in [0.15, 0.2) is 53.2 Å². The quantitative estimate of drug-likeness (QED) is 0.513. The Kier molecular flexibility index (Phi) is 8.08. The number of carbonyl (C=O) groups is 1. The van der Waals surface area contributed by atoms with E-state index >= 15 is 0 Å². The highest BCUT2D eigenvalue weighted by molar-refractivity contribution is 7.89. The van der Waals surface area contributed by atoms with Crippen LogP contribution >= 0.6 is 12.4 Å². The number of nitrogens with two attached hydrogens (primary N) is 1. The molecule has 0 bridgehead atoms. The first-order valence-corrected chi connectivity index (χ1v) is 11.4. The molecule has 0 amide bonds. The summed E-state index contributed by atoms with van der Waals surface area (Å²) in [7, 11) is -0.771. The number of sulfonamides is 1. The maximum absolute atomic E-state index is 14.4. The van der Waals surface area contributed by atoms with E-state index in [2.05, 4.69) is 0 Å². The Hall–Kier alpha value is -2.72. The van der Waals surface area contributed by atoms with Gasteiger partial charge >= 0.3 is 5.97 Å². The number of hydrogen-bond donors (Lipinski definition) is 2. The van der Waals surface area contributed by atoms with Gasteiger partial charge in [-0.05, 0) is 55.3 Å². The van der Waals surface area contributed by atoms with Gasteiger partial charge in [0.25, 0.3) is 0 Å². The monoisotopic (exact) mass is 495 g/mol. The van der Waals surface area contributed by atoms with E-state index in [1.54, 1.807) is 36.6 Å². The third kappa shape index (κ3) is 4.81. The predicted molar refractivity (Wildman–Crippen MR) is 130 cm³/mol. The van der Waals surface area contributed by atoms with Gasteiger partial charge in [-0.3, -0.25) is 0 Å². The molecule has 0 aliphatic heterocycles. The van der Waals surface area contributed by atoms with E-state index in [0.29, 0.717) is 33.3 Å². The normalized spacial score (nSPS) is 12.3. The van der Waals surface area contributed by atoms with E-state index in [9.17, 15) is 22.7 Å². The first-order chi connectivity index (χ1) is 15.0. The number of carboxylic acid groups (broad SMARTS) is 1. The SMILES string of the molecule is Cc1c(-c2c(C)n(C/C(F)=C/CN)c3ccc(C(=O)O)cc23)cccc1S(=O)(=O)N(C)C.Cl. The van der Waals surface area contributed by atoms with Gasteiger partial charge < -0.3 is 15.4 Å². The van der Waals surface area contributed by atoms with E-state index in [4.69, 9.17) is 5.73 Å². The summed E-state index contributed by atoms with van der Waals surface area (Å²) in [6.07, 6.45) is 1.28. The maximum atomic E-state index is 14.4. The summed E-state index contributed by atoms with van der Waals surface area (Å²) in [5.74, 6) is -1.50. The van der Waals surface area contributed by atoms with Crippen LogP contribution in [0.3, 0.4) is 0 Å². The van der Waals surface area contributed by atoms with E-state index in [-0.39, 0.29) is 36.0 Å². The molecule has 0 spiro atoms. The van der Waals surface area contributed by atoms with Crippen molar-refractivity contribution in [3.8, 4) is 11.1 Å². The number of fused-ring (bicyclic) bond motifs is 1. The minimum Gasteiger partial charge on any atom is -0.478 e. The lowest BCUT2D eigenvalue weighted by Crippen LogP contribution is -2.23. The number of benzene rings is 2. The highest BCUT2D eigenvalue weighted by Gasteiger charge is 2.24. The van der Waals surface area contributed by atoms with Gasteiger partial charge in [0, 0.05) is 42.8 Å². The van der Waals surface area contributed by atoms with Gasteiger partial charge in [0.15, 0.2) is 0 Å². The second kappa shape index (κ2) is 10.0. The molecule has 0 atom stereocenters. The van der Waals surface area contributed by atoms with Gasteiger partial charge in [0.1, 0.15) is 5.83 Å². The third-order valence-corrected chi connectivity index (χ3v) is 7.49. The van der Waals surface area contributed by atoms with Gasteiger partial charge in [-0.25, -0.2) is 21.9 Å². The van der Waals surface area contributed by atoms with Crippen molar-refractivity contribution in [3.63, 3.8) is 0 Å². The number of rotatable bonds is 7. The number of carboxylic acids is 1. The van der Waals surface area contributed by atoms with Crippen molar-refractivity contribution < 1.29 is 22.7 Å². The molecule has 0 aliphatic carbocycles. The summed E-state index contributed by atoms with van der Waals surface area (Å²) >= 11 is 0. The zero-order chi connectivity index (χ0) is 23.8. The van der Waals surface area contributed by atoms with Crippen LogP contribution in [0.25, 0.3) is 22.0 Å². The lowest BCUT2D eigenvalue weighted by atomic mass is 9.97. The molecular formula is C23H27ClFN3O4S. The zero-order valence-electron chi connectivity index (χ0n) is 18.8. The molecule has 3 rings (SSSR count). The summed E-state index contributed by atoms with van der Waals surface area (Å²) in [5.41, 5.74) is 8.68. The minimum absolute atomic E-state index is 0. The summed E-state index contributed by atoms with van der Waals surface area (Å²) in [6.45, 7) is 3.51. The number of hydrogen-bond acceptors (Lipinski definition) is 4. The first kappa shape index (κ1) is 26.5. The van der Waals surface area contributed by atoms with Crippen LogP contribution in [0.4, 0.5) is 4.39 Å². The highest BCUT2D eigenvalue weighted by atomic mass is 35.5. The van der Waals surface area contributed by atoms with E-state index in [1.807, 2.05) is 0 Å². The molecule has 0 unspecified atom stereocenters. The predicted octanol–water partition coefficient (Wildman–Crippen LogP) is 4.11. The van der Waals surface area contributed by atoms with Crippen LogP contribution < -0.4 is 5.73 Å². The molecule has 1 aromatic heterocycles. The summed E-state index contributed by atoms with van der Waals surface area (Å²) in [5, 5.41) is 10.1. The lowest BCUT2D eigenvalue weighted by Gasteiger charge is -2.16. The van der Waals surface area contributed by atoms with Crippen molar-refractivity contribution in [1.29, 1.82) is 0 Å². The van der Waals surface area contributed by atoms with Gasteiger partial charge in [-0.2, -0.15) is 0 Å². The van der Waals surface area contributed by atoms with Gasteiger partial charge in [-0.15, -0.1) is 12.4 Å². The van der Waals surface area contributed by atoms with Crippen LogP contribution in [0.1, 0.15) is 21.6 Å². The number of allylic oxidation sites excluding steroid dienone is 1. The van der Waals surface area contributed by atoms with Gasteiger partial charge in [0.2, 0.25) is 10.0 Å². The Morgan fingerprint density at radius 3 is 2.45 bits per heavy atom. The highest BCUT2D eigenvalue weighted by Crippen LogP contribution is 2.39.